The second-order valence-electron chi connectivity index (χ2n) is 6.09. The monoisotopic (exact) mass is 271 g/mol. The highest BCUT2D eigenvalue weighted by atomic mass is 15.3. The summed E-state index contributed by atoms with van der Waals surface area (Å²) in [7, 11) is 6.58. The minimum absolute atomic E-state index is 0.148. The molecule has 0 fully saturated rings. The van der Waals surface area contributed by atoms with Gasteiger partial charge in [0.1, 0.15) is 13.1 Å². The molecular formula is C16H23N4+. The van der Waals surface area contributed by atoms with Crippen molar-refractivity contribution in [1.82, 2.24) is 4.90 Å². The van der Waals surface area contributed by atoms with Gasteiger partial charge in [-0.3, -0.25) is 0 Å². The Morgan fingerprint density at radius 2 is 1.60 bits per heavy atom. The van der Waals surface area contributed by atoms with E-state index in [1.165, 1.54) is 0 Å². The van der Waals surface area contributed by atoms with Gasteiger partial charge in [0.2, 0.25) is 0 Å². The average molecular weight is 271 g/mol. The molecule has 0 spiro atoms. The van der Waals surface area contributed by atoms with Crippen LogP contribution in [0.3, 0.4) is 0 Å². The summed E-state index contributed by atoms with van der Waals surface area (Å²) in [6.07, 6.45) is 4.98. The van der Waals surface area contributed by atoms with E-state index in [-0.39, 0.29) is 5.82 Å². The molecule has 0 saturated carbocycles. The van der Waals surface area contributed by atoms with Crippen molar-refractivity contribution in [2.75, 3.05) is 34.2 Å². The first-order valence-electron chi connectivity index (χ1n) is 6.72. The largest absolute Gasteiger partial charge is 0.526 e. The van der Waals surface area contributed by atoms with E-state index in [2.05, 4.69) is 35.7 Å². The first-order chi connectivity index (χ1) is 9.28. The lowest BCUT2D eigenvalue weighted by atomic mass is 10.1. The van der Waals surface area contributed by atoms with Gasteiger partial charge in [0.25, 0.3) is 0 Å². The molecular weight excluding hydrogens is 248 g/mol. The summed E-state index contributed by atoms with van der Waals surface area (Å²) in [5, 5.41) is 0. The van der Waals surface area contributed by atoms with Gasteiger partial charge in [0, 0.05) is 24.4 Å². The fraction of sp³-hybridized carbons (Fsp3) is 0.500. The lowest BCUT2D eigenvalue weighted by Crippen LogP contribution is -2.37. The van der Waals surface area contributed by atoms with Crippen LogP contribution in [0.25, 0.3) is 9.69 Å². The van der Waals surface area contributed by atoms with E-state index in [4.69, 9.17) is 13.1 Å². The molecule has 20 heavy (non-hydrogen) atoms. The second-order valence-corrected chi connectivity index (χ2v) is 6.09. The van der Waals surface area contributed by atoms with Crippen LogP contribution >= 0.6 is 0 Å². The summed E-state index contributed by atoms with van der Waals surface area (Å²) >= 11 is 0. The number of nitrogens with zero attached hydrogens (tertiary/aromatic N) is 4. The van der Waals surface area contributed by atoms with Crippen molar-refractivity contribution in [2.24, 2.45) is 0 Å². The zero-order chi connectivity index (χ0) is 15.3. The lowest BCUT2D eigenvalue weighted by Gasteiger charge is -2.31. The Balaban J connectivity index is 2.84. The first kappa shape index (κ1) is 16.0. The van der Waals surface area contributed by atoms with Crippen molar-refractivity contribution in [3.8, 4) is 0 Å². The van der Waals surface area contributed by atoms with Crippen molar-refractivity contribution < 1.29 is 4.48 Å². The third kappa shape index (κ3) is 4.26. The molecule has 0 unspecified atom stereocenters. The molecule has 0 aliphatic carbocycles. The Morgan fingerprint density at radius 3 is 2.00 bits per heavy atom. The zero-order valence-corrected chi connectivity index (χ0v) is 13.1. The number of hydrogen-bond acceptors (Lipinski definition) is 1. The third-order valence-electron chi connectivity index (χ3n) is 3.26. The lowest BCUT2D eigenvalue weighted by molar-refractivity contribution is -0.870. The molecule has 0 radical (unpaired) electrons. The molecule has 106 valence electrons. The van der Waals surface area contributed by atoms with Gasteiger partial charge in [-0.25, -0.2) is 0 Å². The molecule has 0 amide bonds. The predicted molar refractivity (Wildman–Crippen MR) is 82.0 cm³/mol. The van der Waals surface area contributed by atoms with Crippen molar-refractivity contribution in [3.63, 3.8) is 0 Å². The first-order valence-corrected chi connectivity index (χ1v) is 6.72. The van der Waals surface area contributed by atoms with E-state index in [1.54, 1.807) is 0 Å². The summed E-state index contributed by atoms with van der Waals surface area (Å²) in [5.74, 6) is 0.148. The Hall–Kier alpha value is -2.04. The van der Waals surface area contributed by atoms with Crippen LogP contribution in [0.5, 0.6) is 0 Å². The fourth-order valence-electron chi connectivity index (χ4n) is 2.26. The average Bonchev–Trinajstić information content (AvgIpc) is 2.33. The van der Waals surface area contributed by atoms with Crippen LogP contribution in [0, 0.1) is 13.1 Å². The maximum atomic E-state index is 7.04. The van der Waals surface area contributed by atoms with E-state index in [9.17, 15) is 0 Å². The van der Waals surface area contributed by atoms with Crippen molar-refractivity contribution in [2.45, 2.75) is 20.3 Å². The summed E-state index contributed by atoms with van der Waals surface area (Å²) in [6, 6.07) is 0. The van der Waals surface area contributed by atoms with E-state index in [0.29, 0.717) is 0 Å². The number of quaternary nitrogens is 1. The smallest absolute Gasteiger partial charge is 0.349 e. The van der Waals surface area contributed by atoms with E-state index in [1.807, 2.05) is 26.0 Å². The quantitative estimate of drug-likeness (QED) is 0.564. The van der Waals surface area contributed by atoms with Gasteiger partial charge in [0.05, 0.1) is 33.3 Å². The summed E-state index contributed by atoms with van der Waals surface area (Å²) in [4.78, 5) is 8.82. The molecule has 0 bridgehead atoms. The normalized spacial score (nSPS) is 15.2. The zero-order valence-electron chi connectivity index (χ0n) is 13.1. The van der Waals surface area contributed by atoms with Gasteiger partial charge in [-0.2, -0.15) is 9.69 Å². The highest BCUT2D eigenvalue weighted by Gasteiger charge is 2.19. The topological polar surface area (TPSA) is 12.0 Å². The minimum Gasteiger partial charge on any atom is -0.349 e. The summed E-state index contributed by atoms with van der Waals surface area (Å²) < 4.78 is 0.962. The number of hydrogen-bond donors (Lipinski definition) is 0. The van der Waals surface area contributed by atoms with Crippen LogP contribution in [-0.4, -0.2) is 43.6 Å². The summed E-state index contributed by atoms with van der Waals surface area (Å²) in [6.45, 7) is 20.2. The van der Waals surface area contributed by atoms with Crippen LogP contribution < -0.4 is 0 Å². The number of allylic oxidation sites excluding steroid dienone is 5. The maximum absolute atomic E-state index is 7.04. The van der Waals surface area contributed by atoms with Crippen LogP contribution in [0.4, 0.5) is 0 Å². The van der Waals surface area contributed by atoms with Crippen molar-refractivity contribution in [3.05, 3.63) is 57.8 Å². The van der Waals surface area contributed by atoms with Gasteiger partial charge in [-0.1, -0.05) is 0 Å². The van der Waals surface area contributed by atoms with E-state index in [0.717, 1.165) is 41.0 Å². The molecule has 1 aliphatic rings. The van der Waals surface area contributed by atoms with Crippen LogP contribution in [0.2, 0.25) is 0 Å². The Labute approximate surface area is 122 Å². The molecule has 0 aromatic carbocycles. The Kier molecular flexibility index (Phi) is 5.13. The molecule has 0 N–H and O–H groups in total. The van der Waals surface area contributed by atoms with Gasteiger partial charge in [0.15, 0.2) is 0 Å². The molecule has 1 aliphatic heterocycles. The minimum atomic E-state index is 0.148. The van der Waals surface area contributed by atoms with Gasteiger partial charge in [-0.15, -0.1) is 0 Å². The second kappa shape index (κ2) is 6.41. The van der Waals surface area contributed by atoms with Gasteiger partial charge >= 0.3 is 5.82 Å². The Morgan fingerprint density at radius 1 is 1.10 bits per heavy atom. The third-order valence-corrected chi connectivity index (χ3v) is 3.26. The highest BCUT2D eigenvalue weighted by Crippen LogP contribution is 2.25. The Bertz CT molecular complexity index is 506. The van der Waals surface area contributed by atoms with Crippen LogP contribution in [0.1, 0.15) is 20.3 Å². The number of rotatable bonds is 4. The van der Waals surface area contributed by atoms with Crippen LogP contribution in [-0.2, 0) is 0 Å². The van der Waals surface area contributed by atoms with Crippen molar-refractivity contribution >= 4 is 0 Å². The molecule has 0 aromatic heterocycles. The SMILES string of the molecule is [C-]#[N+]C([N+]#[C-])=C1C=C(C)N(CCC[N+](C)(C)C)C(C)=C1. The van der Waals surface area contributed by atoms with Gasteiger partial charge in [-0.05, 0) is 26.0 Å². The molecule has 0 saturated heterocycles. The van der Waals surface area contributed by atoms with Crippen LogP contribution in [0.15, 0.2) is 34.9 Å². The molecule has 1 rings (SSSR count). The van der Waals surface area contributed by atoms with E-state index >= 15 is 0 Å². The molecule has 0 aromatic rings. The molecule has 1 heterocycles. The van der Waals surface area contributed by atoms with Crippen molar-refractivity contribution in [1.29, 1.82) is 0 Å². The highest BCUT2D eigenvalue weighted by molar-refractivity contribution is 5.46. The van der Waals surface area contributed by atoms with Gasteiger partial charge < -0.3 is 9.38 Å². The molecule has 4 heteroatoms. The van der Waals surface area contributed by atoms with E-state index < -0.39 is 0 Å². The molecule has 4 nitrogen and oxygen atoms in total. The summed E-state index contributed by atoms with van der Waals surface area (Å²) in [5.41, 5.74) is 2.94. The standard InChI is InChI=1S/C16H23N4/c1-13-11-15(16(17-3)18-4)12-14(2)19(13)9-8-10-20(5,6)7/h11-12H,8-10H2,1-2,5-7H3/q+1. The predicted octanol–water partition coefficient (Wildman–Crippen LogP) is 3.26. The fourth-order valence-corrected chi connectivity index (χ4v) is 2.26. The molecule has 0 atom stereocenters. The maximum Gasteiger partial charge on any atom is 0.526 e.